The molecule has 1 N–H and O–H groups in total. The van der Waals surface area contributed by atoms with Gasteiger partial charge in [0.05, 0.1) is 10.7 Å². The van der Waals surface area contributed by atoms with Crippen LogP contribution >= 0.6 is 39.1 Å². The summed E-state index contributed by atoms with van der Waals surface area (Å²) in [6.07, 6.45) is 2.54. The summed E-state index contributed by atoms with van der Waals surface area (Å²) in [6, 6.07) is 1.64. The van der Waals surface area contributed by atoms with Crippen LogP contribution in [0.5, 0.6) is 0 Å². The molecule has 0 aliphatic heterocycles. The van der Waals surface area contributed by atoms with Gasteiger partial charge in [-0.2, -0.15) is 0 Å². The minimum absolute atomic E-state index is 0.0968. The van der Waals surface area contributed by atoms with E-state index in [4.69, 9.17) is 23.2 Å². The van der Waals surface area contributed by atoms with Crippen LogP contribution in [-0.4, -0.2) is 16.8 Å². The van der Waals surface area contributed by atoms with Crippen molar-refractivity contribution in [2.75, 3.05) is 11.2 Å². The zero-order valence-electron chi connectivity index (χ0n) is 7.77. The molecule has 0 aliphatic rings. The molecule has 1 rings (SSSR count). The molecule has 0 aromatic carbocycles. The number of alkyl halides is 1. The number of amides is 1. The van der Waals surface area contributed by atoms with Gasteiger partial charge >= 0.3 is 0 Å². The molecule has 15 heavy (non-hydrogen) atoms. The molecule has 0 radical (unpaired) electrons. The van der Waals surface area contributed by atoms with E-state index in [1.807, 2.05) is 0 Å². The first-order valence-electron chi connectivity index (χ1n) is 4.30. The van der Waals surface area contributed by atoms with Gasteiger partial charge in [-0.05, 0) is 28.4 Å². The Morgan fingerprint density at radius 2 is 2.33 bits per heavy atom. The van der Waals surface area contributed by atoms with E-state index in [1.54, 1.807) is 6.07 Å². The molecular formula is C9H9BrCl2N2O. The molecule has 0 bridgehead atoms. The van der Waals surface area contributed by atoms with E-state index in [9.17, 15) is 4.79 Å². The molecule has 1 amide bonds. The Morgan fingerprint density at radius 1 is 1.60 bits per heavy atom. The maximum Gasteiger partial charge on any atom is 0.224 e. The first kappa shape index (κ1) is 12.7. The normalized spacial score (nSPS) is 10.1. The van der Waals surface area contributed by atoms with Gasteiger partial charge in [0.2, 0.25) is 5.91 Å². The van der Waals surface area contributed by atoms with Crippen LogP contribution in [0.4, 0.5) is 5.69 Å². The van der Waals surface area contributed by atoms with Gasteiger partial charge in [-0.15, -0.1) is 11.6 Å². The number of rotatable bonds is 4. The van der Waals surface area contributed by atoms with Crippen LogP contribution in [0.1, 0.15) is 12.8 Å². The number of anilines is 1. The van der Waals surface area contributed by atoms with Crippen LogP contribution in [0.25, 0.3) is 0 Å². The number of carbonyl (C=O) groups is 1. The van der Waals surface area contributed by atoms with Crippen molar-refractivity contribution in [2.45, 2.75) is 12.8 Å². The van der Waals surface area contributed by atoms with Crippen molar-refractivity contribution in [2.24, 2.45) is 0 Å². The Kier molecular flexibility index (Phi) is 5.36. The number of aromatic nitrogens is 1. The van der Waals surface area contributed by atoms with Crippen LogP contribution in [0, 0.1) is 0 Å². The van der Waals surface area contributed by atoms with E-state index in [0.717, 1.165) is 0 Å². The minimum atomic E-state index is -0.0968. The van der Waals surface area contributed by atoms with Gasteiger partial charge in [0.1, 0.15) is 4.60 Å². The van der Waals surface area contributed by atoms with E-state index in [1.165, 1.54) is 6.20 Å². The smallest absolute Gasteiger partial charge is 0.224 e. The molecule has 3 nitrogen and oxygen atoms in total. The lowest BCUT2D eigenvalue weighted by atomic mass is 10.3. The highest BCUT2D eigenvalue weighted by Gasteiger charge is 2.06. The molecule has 0 spiro atoms. The number of carbonyl (C=O) groups excluding carboxylic acids is 1. The third kappa shape index (κ3) is 4.36. The van der Waals surface area contributed by atoms with Gasteiger partial charge in [0.15, 0.2) is 0 Å². The summed E-state index contributed by atoms with van der Waals surface area (Å²) < 4.78 is 0.561. The minimum Gasteiger partial charge on any atom is -0.324 e. The Morgan fingerprint density at radius 3 is 3.00 bits per heavy atom. The molecule has 1 heterocycles. The first-order valence-corrected chi connectivity index (χ1v) is 6.01. The van der Waals surface area contributed by atoms with Gasteiger partial charge in [-0.1, -0.05) is 11.6 Å². The molecule has 6 heteroatoms. The van der Waals surface area contributed by atoms with Crippen molar-refractivity contribution >= 4 is 50.7 Å². The summed E-state index contributed by atoms with van der Waals surface area (Å²) in [5, 5.41) is 3.17. The summed E-state index contributed by atoms with van der Waals surface area (Å²) in [5.41, 5.74) is 0.571. The molecule has 0 fully saturated rings. The van der Waals surface area contributed by atoms with Crippen molar-refractivity contribution < 1.29 is 4.79 Å². The zero-order valence-corrected chi connectivity index (χ0v) is 10.9. The number of pyridine rings is 1. The summed E-state index contributed by atoms with van der Waals surface area (Å²) in [6.45, 7) is 0. The van der Waals surface area contributed by atoms with Gasteiger partial charge in [0.25, 0.3) is 0 Å². The molecule has 0 saturated carbocycles. The van der Waals surface area contributed by atoms with E-state index in [0.29, 0.717) is 34.0 Å². The van der Waals surface area contributed by atoms with E-state index < -0.39 is 0 Å². The largest absolute Gasteiger partial charge is 0.324 e. The zero-order chi connectivity index (χ0) is 11.3. The Bertz CT molecular complexity index is 360. The predicted molar refractivity (Wildman–Crippen MR) is 65.5 cm³/mol. The molecule has 0 aliphatic carbocycles. The van der Waals surface area contributed by atoms with E-state index >= 15 is 0 Å². The standard InChI is InChI=1S/C9H9BrCl2N2O/c10-9-7(4-6(12)5-13-9)14-8(15)2-1-3-11/h4-5H,1-3H2,(H,14,15). The van der Waals surface area contributed by atoms with Gasteiger partial charge in [-0.3, -0.25) is 4.79 Å². The second-order valence-corrected chi connectivity index (χ2v) is 4.40. The van der Waals surface area contributed by atoms with Crippen molar-refractivity contribution in [3.63, 3.8) is 0 Å². The van der Waals surface area contributed by atoms with Gasteiger partial charge < -0.3 is 5.32 Å². The number of nitrogens with one attached hydrogen (secondary N) is 1. The second kappa shape index (κ2) is 6.30. The van der Waals surface area contributed by atoms with Crippen molar-refractivity contribution in [3.8, 4) is 0 Å². The quantitative estimate of drug-likeness (QED) is 0.683. The molecule has 0 atom stereocenters. The molecule has 82 valence electrons. The number of hydrogen-bond donors (Lipinski definition) is 1. The topological polar surface area (TPSA) is 42.0 Å². The van der Waals surface area contributed by atoms with Crippen LogP contribution in [0.3, 0.4) is 0 Å². The Labute approximate surface area is 106 Å². The monoisotopic (exact) mass is 310 g/mol. The second-order valence-electron chi connectivity index (χ2n) is 2.83. The van der Waals surface area contributed by atoms with Crippen LogP contribution in [0.15, 0.2) is 16.9 Å². The average molecular weight is 312 g/mol. The fourth-order valence-corrected chi connectivity index (χ4v) is 1.56. The fraction of sp³-hybridized carbons (Fsp3) is 0.333. The van der Waals surface area contributed by atoms with Gasteiger partial charge in [0, 0.05) is 18.5 Å². The summed E-state index contributed by atoms with van der Waals surface area (Å²) in [7, 11) is 0. The maximum atomic E-state index is 11.4. The number of nitrogens with zero attached hydrogens (tertiary/aromatic N) is 1. The SMILES string of the molecule is O=C(CCCCl)Nc1cc(Cl)cnc1Br. The van der Waals surface area contributed by atoms with Crippen LogP contribution < -0.4 is 5.32 Å². The summed E-state index contributed by atoms with van der Waals surface area (Å²) in [5.74, 6) is 0.378. The average Bonchev–Trinajstić information content (AvgIpc) is 2.20. The molecule has 0 saturated heterocycles. The highest BCUT2D eigenvalue weighted by molar-refractivity contribution is 9.10. The van der Waals surface area contributed by atoms with Crippen LogP contribution in [0.2, 0.25) is 5.02 Å². The maximum absolute atomic E-state index is 11.4. The lowest BCUT2D eigenvalue weighted by Crippen LogP contribution is -2.12. The van der Waals surface area contributed by atoms with Crippen molar-refractivity contribution in [1.82, 2.24) is 4.98 Å². The summed E-state index contributed by atoms with van der Waals surface area (Å²) in [4.78, 5) is 15.3. The number of halogens is 3. The Hall–Kier alpha value is -0.320. The van der Waals surface area contributed by atoms with Gasteiger partial charge in [-0.25, -0.2) is 4.98 Å². The third-order valence-corrected chi connectivity index (χ3v) is 2.72. The molecule has 0 unspecified atom stereocenters. The van der Waals surface area contributed by atoms with Crippen molar-refractivity contribution in [3.05, 3.63) is 21.9 Å². The fourth-order valence-electron chi connectivity index (χ4n) is 0.950. The summed E-state index contributed by atoms with van der Waals surface area (Å²) >= 11 is 14.4. The molecule has 1 aromatic rings. The lowest BCUT2D eigenvalue weighted by molar-refractivity contribution is -0.116. The highest BCUT2D eigenvalue weighted by atomic mass is 79.9. The highest BCUT2D eigenvalue weighted by Crippen LogP contribution is 2.23. The predicted octanol–water partition coefficient (Wildman–Crippen LogP) is 3.46. The molecule has 1 aromatic heterocycles. The van der Waals surface area contributed by atoms with E-state index in [2.05, 4.69) is 26.2 Å². The Balaban J connectivity index is 2.63. The third-order valence-electron chi connectivity index (χ3n) is 1.62. The van der Waals surface area contributed by atoms with E-state index in [-0.39, 0.29) is 5.91 Å². The molecular weight excluding hydrogens is 303 g/mol. The van der Waals surface area contributed by atoms with Crippen LogP contribution in [-0.2, 0) is 4.79 Å². The first-order chi connectivity index (χ1) is 7.13. The number of hydrogen-bond acceptors (Lipinski definition) is 2. The van der Waals surface area contributed by atoms with Crippen molar-refractivity contribution in [1.29, 1.82) is 0 Å². The lowest BCUT2D eigenvalue weighted by Gasteiger charge is -2.06.